The number of hydrogen-bond donors (Lipinski definition) is 1. The second-order valence-corrected chi connectivity index (χ2v) is 9.44. The Morgan fingerprint density at radius 2 is 1.84 bits per heavy atom. The summed E-state index contributed by atoms with van der Waals surface area (Å²) < 4.78 is 11.8. The molecule has 6 heteroatoms. The number of halogens is 1. The fraction of sp³-hybridized carbons (Fsp3) is 0.480. The van der Waals surface area contributed by atoms with Crippen LogP contribution in [0.3, 0.4) is 0 Å². The molecule has 31 heavy (non-hydrogen) atoms. The molecule has 1 N–H and O–H groups in total. The van der Waals surface area contributed by atoms with Crippen molar-refractivity contribution in [1.29, 1.82) is 0 Å². The van der Waals surface area contributed by atoms with E-state index < -0.39 is 0 Å². The number of nitrogens with one attached hydrogen (secondary N) is 1. The summed E-state index contributed by atoms with van der Waals surface area (Å²) in [6, 6.07) is 17.6. The summed E-state index contributed by atoms with van der Waals surface area (Å²) >= 11 is 6.04. The lowest BCUT2D eigenvalue weighted by Gasteiger charge is -2.40. The molecule has 0 spiro atoms. The third-order valence-corrected chi connectivity index (χ3v) is 6.07. The average Bonchev–Trinajstić information content (AvgIpc) is 2.73. The molecule has 0 atom stereocenters. The number of piperidine rings is 1. The number of carbonyl (C=O) groups is 1. The van der Waals surface area contributed by atoms with Gasteiger partial charge in [-0.25, -0.2) is 0 Å². The van der Waals surface area contributed by atoms with E-state index in [-0.39, 0.29) is 17.0 Å². The van der Waals surface area contributed by atoms with Crippen molar-refractivity contribution < 1.29 is 14.3 Å². The molecule has 0 aromatic heterocycles. The van der Waals surface area contributed by atoms with Crippen LogP contribution in [-0.4, -0.2) is 55.3 Å². The van der Waals surface area contributed by atoms with E-state index in [2.05, 4.69) is 36.2 Å². The molecule has 3 rings (SSSR count). The second-order valence-electron chi connectivity index (χ2n) is 9.00. The Morgan fingerprint density at radius 3 is 2.48 bits per heavy atom. The molecule has 1 aliphatic heterocycles. The van der Waals surface area contributed by atoms with Gasteiger partial charge in [0.15, 0.2) is 0 Å². The molecule has 1 amide bonds. The SMILES string of the molecule is COC1(COc2cccc(Cl)c2)CCN(CC(=O)NC(C)(C)Cc2ccccc2)CC1. The highest BCUT2D eigenvalue weighted by Crippen LogP contribution is 2.28. The van der Waals surface area contributed by atoms with Gasteiger partial charge >= 0.3 is 0 Å². The molecule has 1 fully saturated rings. The normalized spacial score (nSPS) is 16.6. The first-order valence-corrected chi connectivity index (χ1v) is 11.2. The minimum absolute atomic E-state index is 0.0565. The van der Waals surface area contributed by atoms with Crippen LogP contribution in [0.25, 0.3) is 0 Å². The van der Waals surface area contributed by atoms with Gasteiger partial charge in [-0.1, -0.05) is 48.0 Å². The first kappa shape index (κ1) is 23.6. The van der Waals surface area contributed by atoms with E-state index in [1.807, 2.05) is 42.5 Å². The van der Waals surface area contributed by atoms with Crippen LogP contribution in [0.5, 0.6) is 5.75 Å². The topological polar surface area (TPSA) is 50.8 Å². The van der Waals surface area contributed by atoms with Gasteiger partial charge in [0.2, 0.25) is 5.91 Å². The smallest absolute Gasteiger partial charge is 0.234 e. The van der Waals surface area contributed by atoms with Gasteiger partial charge in [0.25, 0.3) is 0 Å². The summed E-state index contributed by atoms with van der Waals surface area (Å²) in [5.41, 5.74) is 0.576. The maximum absolute atomic E-state index is 12.7. The van der Waals surface area contributed by atoms with Gasteiger partial charge in [0, 0.05) is 30.8 Å². The Morgan fingerprint density at radius 1 is 1.13 bits per heavy atom. The highest BCUT2D eigenvalue weighted by atomic mass is 35.5. The third-order valence-electron chi connectivity index (χ3n) is 5.83. The van der Waals surface area contributed by atoms with Gasteiger partial charge in [-0.05, 0) is 56.9 Å². The van der Waals surface area contributed by atoms with Gasteiger partial charge in [0.05, 0.1) is 6.54 Å². The van der Waals surface area contributed by atoms with E-state index >= 15 is 0 Å². The first-order valence-electron chi connectivity index (χ1n) is 10.8. The number of amides is 1. The number of benzene rings is 2. The zero-order valence-corrected chi connectivity index (χ0v) is 19.5. The lowest BCUT2D eigenvalue weighted by molar-refractivity contribution is -0.126. The number of hydrogen-bond acceptors (Lipinski definition) is 4. The number of rotatable bonds is 9. The van der Waals surface area contributed by atoms with Gasteiger partial charge in [-0.15, -0.1) is 0 Å². The molecule has 1 saturated heterocycles. The van der Waals surface area contributed by atoms with E-state index in [0.29, 0.717) is 18.2 Å². The van der Waals surface area contributed by atoms with Crippen LogP contribution >= 0.6 is 11.6 Å². The van der Waals surface area contributed by atoms with E-state index in [1.165, 1.54) is 5.56 Å². The van der Waals surface area contributed by atoms with Crippen molar-refractivity contribution in [1.82, 2.24) is 10.2 Å². The molecule has 168 valence electrons. The first-order chi connectivity index (χ1) is 14.8. The van der Waals surface area contributed by atoms with Crippen molar-refractivity contribution in [3.63, 3.8) is 0 Å². The predicted molar refractivity (Wildman–Crippen MR) is 125 cm³/mol. The summed E-state index contributed by atoms with van der Waals surface area (Å²) in [4.78, 5) is 14.9. The molecule has 0 radical (unpaired) electrons. The zero-order valence-electron chi connectivity index (χ0n) is 18.7. The second kappa shape index (κ2) is 10.5. The van der Waals surface area contributed by atoms with Gasteiger partial charge in [0.1, 0.15) is 18.0 Å². The van der Waals surface area contributed by atoms with Crippen molar-refractivity contribution in [2.75, 3.05) is 33.4 Å². The largest absolute Gasteiger partial charge is 0.491 e. The van der Waals surface area contributed by atoms with E-state index in [9.17, 15) is 4.79 Å². The summed E-state index contributed by atoms with van der Waals surface area (Å²) in [5, 5.41) is 3.84. The van der Waals surface area contributed by atoms with Gasteiger partial charge < -0.3 is 14.8 Å². The van der Waals surface area contributed by atoms with Crippen LogP contribution in [0.1, 0.15) is 32.3 Å². The molecular formula is C25H33ClN2O3. The maximum atomic E-state index is 12.7. The Hall–Kier alpha value is -2.08. The fourth-order valence-electron chi connectivity index (χ4n) is 4.07. The molecule has 1 aliphatic rings. The minimum Gasteiger partial charge on any atom is -0.491 e. The average molecular weight is 445 g/mol. The monoisotopic (exact) mass is 444 g/mol. The number of carbonyl (C=O) groups excluding carboxylic acids is 1. The highest BCUT2D eigenvalue weighted by molar-refractivity contribution is 6.30. The molecule has 0 aliphatic carbocycles. The Balaban J connectivity index is 1.46. The lowest BCUT2D eigenvalue weighted by Crippen LogP contribution is -2.53. The van der Waals surface area contributed by atoms with Crippen LogP contribution in [0.4, 0.5) is 0 Å². The molecular weight excluding hydrogens is 412 g/mol. The Bertz CT molecular complexity index is 849. The third kappa shape index (κ3) is 7.23. The van der Waals surface area contributed by atoms with Crippen molar-refractivity contribution in [2.45, 2.75) is 44.2 Å². The summed E-state index contributed by atoms with van der Waals surface area (Å²) in [6.45, 7) is 6.58. The van der Waals surface area contributed by atoms with Crippen molar-refractivity contribution in [2.24, 2.45) is 0 Å². The standard InChI is InChI=1S/C25H33ClN2O3/c1-24(2,17-20-8-5-4-6-9-20)27-23(29)18-28-14-12-25(30-3,13-15-28)19-31-22-11-7-10-21(26)16-22/h4-11,16H,12-15,17-19H2,1-3H3,(H,27,29). The van der Waals surface area contributed by atoms with Gasteiger partial charge in [-0.2, -0.15) is 0 Å². The molecule has 2 aromatic rings. The van der Waals surface area contributed by atoms with Crippen LogP contribution in [0, 0.1) is 0 Å². The van der Waals surface area contributed by atoms with E-state index in [1.54, 1.807) is 7.11 Å². The summed E-state index contributed by atoms with van der Waals surface area (Å²) in [6.07, 6.45) is 2.42. The summed E-state index contributed by atoms with van der Waals surface area (Å²) in [7, 11) is 1.73. The van der Waals surface area contributed by atoms with Crippen molar-refractivity contribution >= 4 is 17.5 Å². The Kier molecular flexibility index (Phi) is 7.98. The van der Waals surface area contributed by atoms with Crippen LogP contribution in [0.2, 0.25) is 5.02 Å². The molecule has 2 aromatic carbocycles. The molecule has 5 nitrogen and oxygen atoms in total. The van der Waals surface area contributed by atoms with E-state index in [4.69, 9.17) is 21.1 Å². The van der Waals surface area contributed by atoms with Gasteiger partial charge in [-0.3, -0.25) is 9.69 Å². The highest BCUT2D eigenvalue weighted by Gasteiger charge is 2.36. The minimum atomic E-state index is -0.345. The molecule has 0 unspecified atom stereocenters. The summed E-state index contributed by atoms with van der Waals surface area (Å²) in [5.74, 6) is 0.799. The molecule has 0 bridgehead atoms. The molecule has 1 heterocycles. The quantitative estimate of drug-likeness (QED) is 0.625. The predicted octanol–water partition coefficient (Wildman–Crippen LogP) is 4.34. The van der Waals surface area contributed by atoms with Crippen molar-refractivity contribution in [3.05, 3.63) is 65.2 Å². The Labute approximate surface area is 190 Å². The zero-order chi connectivity index (χ0) is 22.3. The van der Waals surface area contributed by atoms with E-state index in [0.717, 1.165) is 38.1 Å². The van der Waals surface area contributed by atoms with Crippen LogP contribution in [-0.2, 0) is 16.0 Å². The van der Waals surface area contributed by atoms with Crippen molar-refractivity contribution in [3.8, 4) is 5.75 Å². The number of nitrogens with zero attached hydrogens (tertiary/aromatic N) is 1. The van der Waals surface area contributed by atoms with Crippen LogP contribution in [0.15, 0.2) is 54.6 Å². The fourth-order valence-corrected chi connectivity index (χ4v) is 4.25. The number of likely N-dealkylation sites (tertiary alicyclic amines) is 1. The number of ether oxygens (including phenoxy) is 2. The molecule has 0 saturated carbocycles. The lowest BCUT2D eigenvalue weighted by atomic mass is 9.91. The van der Waals surface area contributed by atoms with Crippen LogP contribution < -0.4 is 10.1 Å². The maximum Gasteiger partial charge on any atom is 0.234 e. The number of methoxy groups -OCH3 is 1.